The van der Waals surface area contributed by atoms with E-state index in [2.05, 4.69) is 40.6 Å². The van der Waals surface area contributed by atoms with Gasteiger partial charge in [0.05, 0.1) is 19.3 Å². The summed E-state index contributed by atoms with van der Waals surface area (Å²) in [6.45, 7) is 8.25. The van der Waals surface area contributed by atoms with Crippen LogP contribution in [0, 0.1) is 6.92 Å². The molecule has 1 heterocycles. The largest absolute Gasteiger partial charge is 0.489 e. The second-order valence-electron chi connectivity index (χ2n) is 6.28. The zero-order chi connectivity index (χ0) is 17.4. The van der Waals surface area contributed by atoms with Crippen LogP contribution < -0.4 is 15.4 Å². The predicted octanol–water partition coefficient (Wildman–Crippen LogP) is 1.26. The molecule has 1 aliphatic rings. The van der Waals surface area contributed by atoms with Gasteiger partial charge in [0.25, 0.3) is 0 Å². The van der Waals surface area contributed by atoms with E-state index in [9.17, 15) is 0 Å². The summed E-state index contributed by atoms with van der Waals surface area (Å²) < 4.78 is 11.7. The summed E-state index contributed by atoms with van der Waals surface area (Å²) in [4.78, 5) is 6.54. The minimum Gasteiger partial charge on any atom is -0.489 e. The first-order chi connectivity index (χ1) is 11.6. The van der Waals surface area contributed by atoms with Crippen molar-refractivity contribution >= 4 is 5.96 Å². The van der Waals surface area contributed by atoms with Gasteiger partial charge in [-0.05, 0) is 32.5 Å². The van der Waals surface area contributed by atoms with Crippen LogP contribution in [0.15, 0.2) is 29.3 Å². The van der Waals surface area contributed by atoms with Crippen LogP contribution in [0.2, 0.25) is 0 Å². The second-order valence-corrected chi connectivity index (χ2v) is 6.28. The Balaban J connectivity index is 1.71. The van der Waals surface area contributed by atoms with Gasteiger partial charge in [-0.25, -0.2) is 0 Å². The number of para-hydroxylation sites is 1. The summed E-state index contributed by atoms with van der Waals surface area (Å²) in [6, 6.07) is 8.05. The number of nitrogens with zero attached hydrogens (tertiary/aromatic N) is 2. The molecule has 24 heavy (non-hydrogen) atoms. The van der Waals surface area contributed by atoms with E-state index in [0.29, 0.717) is 6.54 Å². The molecule has 1 aromatic carbocycles. The van der Waals surface area contributed by atoms with Crippen molar-refractivity contribution in [1.29, 1.82) is 0 Å². The molecule has 2 atom stereocenters. The van der Waals surface area contributed by atoms with Gasteiger partial charge in [-0.1, -0.05) is 18.2 Å². The Bertz CT molecular complexity index is 536. The Morgan fingerprint density at radius 2 is 2.21 bits per heavy atom. The Morgan fingerprint density at radius 3 is 2.92 bits per heavy atom. The summed E-state index contributed by atoms with van der Waals surface area (Å²) in [5.74, 6) is 1.69. The van der Waals surface area contributed by atoms with E-state index >= 15 is 0 Å². The molecule has 0 aliphatic carbocycles. The third kappa shape index (κ3) is 6.02. The zero-order valence-electron chi connectivity index (χ0n) is 15.2. The van der Waals surface area contributed by atoms with E-state index in [1.807, 2.05) is 25.1 Å². The van der Waals surface area contributed by atoms with Gasteiger partial charge in [-0.3, -0.25) is 4.99 Å². The maximum atomic E-state index is 5.97. The fourth-order valence-electron chi connectivity index (χ4n) is 2.61. The molecule has 0 aromatic heterocycles. The van der Waals surface area contributed by atoms with Gasteiger partial charge in [0.1, 0.15) is 11.9 Å². The Labute approximate surface area is 145 Å². The number of hydrogen-bond acceptors (Lipinski definition) is 4. The number of rotatable bonds is 6. The number of morpholine rings is 1. The third-order valence-corrected chi connectivity index (χ3v) is 4.04. The third-order valence-electron chi connectivity index (χ3n) is 4.04. The van der Waals surface area contributed by atoms with Crippen molar-refractivity contribution in [3.8, 4) is 5.75 Å². The molecule has 0 spiro atoms. The zero-order valence-corrected chi connectivity index (χ0v) is 15.2. The van der Waals surface area contributed by atoms with Crippen molar-refractivity contribution in [3.05, 3.63) is 29.8 Å². The lowest BCUT2D eigenvalue weighted by molar-refractivity contribution is -0.0161. The number of aliphatic imine (C=N–C) groups is 1. The van der Waals surface area contributed by atoms with Crippen LogP contribution in [0.5, 0.6) is 5.75 Å². The number of hydrogen-bond donors (Lipinski definition) is 2. The van der Waals surface area contributed by atoms with Crippen molar-refractivity contribution in [2.45, 2.75) is 26.1 Å². The minimum absolute atomic E-state index is 0.0433. The van der Waals surface area contributed by atoms with Gasteiger partial charge in [0.15, 0.2) is 5.96 Å². The molecule has 0 saturated carbocycles. The molecule has 6 nitrogen and oxygen atoms in total. The molecule has 134 valence electrons. The van der Waals surface area contributed by atoms with Gasteiger partial charge < -0.3 is 25.0 Å². The highest BCUT2D eigenvalue weighted by molar-refractivity contribution is 5.79. The second kappa shape index (κ2) is 9.49. The molecule has 1 saturated heterocycles. The van der Waals surface area contributed by atoms with Gasteiger partial charge in [-0.15, -0.1) is 0 Å². The summed E-state index contributed by atoms with van der Waals surface area (Å²) in [7, 11) is 3.89. The first-order valence-electron chi connectivity index (χ1n) is 8.55. The average Bonchev–Trinajstić information content (AvgIpc) is 2.57. The van der Waals surface area contributed by atoms with Gasteiger partial charge in [0, 0.05) is 26.7 Å². The van der Waals surface area contributed by atoms with E-state index < -0.39 is 0 Å². The van der Waals surface area contributed by atoms with Crippen LogP contribution in [0.25, 0.3) is 0 Å². The fourth-order valence-corrected chi connectivity index (χ4v) is 2.61. The number of likely N-dealkylation sites (N-methyl/N-ethyl adjacent to an activating group) is 1. The first kappa shape index (κ1) is 18.5. The number of nitrogens with one attached hydrogen (secondary N) is 2. The van der Waals surface area contributed by atoms with Crippen molar-refractivity contribution < 1.29 is 9.47 Å². The van der Waals surface area contributed by atoms with E-state index in [4.69, 9.17) is 9.47 Å². The molecule has 0 amide bonds. The monoisotopic (exact) mass is 334 g/mol. The fraction of sp³-hybridized carbons (Fsp3) is 0.611. The minimum atomic E-state index is 0.0433. The predicted molar refractivity (Wildman–Crippen MR) is 97.9 cm³/mol. The number of aryl methyl sites for hydroxylation is 1. The average molecular weight is 334 g/mol. The van der Waals surface area contributed by atoms with Gasteiger partial charge in [0.2, 0.25) is 0 Å². The van der Waals surface area contributed by atoms with Crippen LogP contribution in [0.3, 0.4) is 0 Å². The van der Waals surface area contributed by atoms with E-state index in [-0.39, 0.29) is 12.2 Å². The van der Waals surface area contributed by atoms with Gasteiger partial charge in [-0.2, -0.15) is 0 Å². The molecule has 1 fully saturated rings. The first-order valence-corrected chi connectivity index (χ1v) is 8.55. The SMILES string of the molecule is CN=C(NCC(C)Oc1ccccc1C)NCC1CN(C)CCO1. The van der Waals surface area contributed by atoms with Crippen molar-refractivity contribution in [3.63, 3.8) is 0 Å². The van der Waals surface area contributed by atoms with Gasteiger partial charge >= 0.3 is 0 Å². The summed E-state index contributed by atoms with van der Waals surface area (Å²) in [6.07, 6.45) is 0.240. The maximum Gasteiger partial charge on any atom is 0.191 e. The molecule has 2 N–H and O–H groups in total. The molecule has 1 aliphatic heterocycles. The number of benzene rings is 1. The highest BCUT2D eigenvalue weighted by Gasteiger charge is 2.17. The van der Waals surface area contributed by atoms with E-state index in [0.717, 1.165) is 43.5 Å². The van der Waals surface area contributed by atoms with E-state index in [1.165, 1.54) is 0 Å². The lowest BCUT2D eigenvalue weighted by Crippen LogP contribution is -2.49. The highest BCUT2D eigenvalue weighted by atomic mass is 16.5. The van der Waals surface area contributed by atoms with Crippen molar-refractivity contribution in [2.75, 3.05) is 46.9 Å². The summed E-state index contributed by atoms with van der Waals surface area (Å²) in [5, 5.41) is 6.63. The molecule has 2 rings (SSSR count). The van der Waals surface area contributed by atoms with Crippen molar-refractivity contribution in [2.24, 2.45) is 4.99 Å². The van der Waals surface area contributed by atoms with Crippen LogP contribution in [-0.2, 0) is 4.74 Å². The topological polar surface area (TPSA) is 58.1 Å². The molecule has 2 unspecified atom stereocenters. The Hall–Kier alpha value is -1.79. The highest BCUT2D eigenvalue weighted by Crippen LogP contribution is 2.17. The molecule has 1 aromatic rings. The van der Waals surface area contributed by atoms with Crippen LogP contribution >= 0.6 is 0 Å². The van der Waals surface area contributed by atoms with Crippen LogP contribution in [-0.4, -0.2) is 69.9 Å². The summed E-state index contributed by atoms with van der Waals surface area (Å²) >= 11 is 0. The van der Waals surface area contributed by atoms with Crippen LogP contribution in [0.1, 0.15) is 12.5 Å². The quantitative estimate of drug-likeness (QED) is 0.606. The molecule has 6 heteroatoms. The van der Waals surface area contributed by atoms with Crippen LogP contribution in [0.4, 0.5) is 0 Å². The number of guanidine groups is 1. The Kier molecular flexibility index (Phi) is 7.34. The lowest BCUT2D eigenvalue weighted by Gasteiger charge is -2.30. The maximum absolute atomic E-state index is 5.97. The number of ether oxygens (including phenoxy) is 2. The Morgan fingerprint density at radius 1 is 1.42 bits per heavy atom. The van der Waals surface area contributed by atoms with Crippen molar-refractivity contribution in [1.82, 2.24) is 15.5 Å². The summed E-state index contributed by atoms with van der Waals surface area (Å²) in [5.41, 5.74) is 1.14. The molecule has 0 bridgehead atoms. The smallest absolute Gasteiger partial charge is 0.191 e. The molecular formula is C18H30N4O2. The lowest BCUT2D eigenvalue weighted by atomic mass is 10.2. The normalized spacial score (nSPS) is 20.5. The standard InChI is InChI=1S/C18H30N4O2/c1-14-7-5-6-8-17(14)24-15(2)11-20-18(19-3)21-12-16-13-22(4)9-10-23-16/h5-8,15-16H,9-13H2,1-4H3,(H2,19,20,21). The van der Waals surface area contributed by atoms with E-state index in [1.54, 1.807) is 7.05 Å². The molecule has 0 radical (unpaired) electrons. The molecular weight excluding hydrogens is 304 g/mol.